The summed E-state index contributed by atoms with van der Waals surface area (Å²) in [6.07, 6.45) is 2.62. The Hall–Kier alpha value is -2.82. The molecule has 27 heavy (non-hydrogen) atoms. The smallest absolute Gasteiger partial charge is 0.254 e. The minimum absolute atomic E-state index is 0.0275. The topological polar surface area (TPSA) is 49.9 Å². The molecule has 1 saturated heterocycles. The first-order chi connectivity index (χ1) is 13.1. The summed E-state index contributed by atoms with van der Waals surface area (Å²) < 4.78 is 5.84. The third-order valence-electron chi connectivity index (χ3n) is 4.87. The molecular weight excluding hydrogens is 340 g/mol. The molecule has 1 atom stereocenters. The van der Waals surface area contributed by atoms with E-state index in [-0.39, 0.29) is 17.9 Å². The number of ether oxygens (including phenoxy) is 1. The molecule has 1 aliphatic rings. The molecular formula is C22H26N2O3. The molecule has 3 rings (SSSR count). The van der Waals surface area contributed by atoms with E-state index in [9.17, 15) is 9.59 Å². The van der Waals surface area contributed by atoms with Gasteiger partial charge in [0.05, 0.1) is 0 Å². The van der Waals surface area contributed by atoms with Crippen LogP contribution < -0.4 is 4.74 Å². The quantitative estimate of drug-likeness (QED) is 0.778. The molecule has 5 nitrogen and oxygen atoms in total. The van der Waals surface area contributed by atoms with Gasteiger partial charge in [-0.3, -0.25) is 9.59 Å². The fourth-order valence-corrected chi connectivity index (χ4v) is 3.31. The average Bonchev–Trinajstić information content (AvgIpc) is 2.69. The van der Waals surface area contributed by atoms with Crippen LogP contribution >= 0.6 is 0 Å². The second-order valence-electron chi connectivity index (χ2n) is 6.86. The van der Waals surface area contributed by atoms with E-state index in [4.69, 9.17) is 4.74 Å². The van der Waals surface area contributed by atoms with E-state index >= 15 is 0 Å². The zero-order chi connectivity index (χ0) is 19.2. The number of piperazine rings is 1. The average molecular weight is 366 g/mol. The molecule has 142 valence electrons. The first-order valence-electron chi connectivity index (χ1n) is 9.49. The highest BCUT2D eigenvalue weighted by molar-refractivity contribution is 5.98. The van der Waals surface area contributed by atoms with E-state index in [1.807, 2.05) is 42.5 Å². The number of unbranched alkanes of at least 4 members (excludes halogenated alkanes) is 1. The standard InChI is InChI=1S/C22H26N2O3/c1-3-4-13-20-22(26)23(2)14-15-24(20)21(25)17-9-8-12-19(16-17)27-18-10-6-5-7-11-18/h5-12,16,20H,3-4,13-15H2,1-2H3. The SMILES string of the molecule is CCCCC1C(=O)N(C)CCN1C(=O)c1cccc(Oc2ccccc2)c1. The summed E-state index contributed by atoms with van der Waals surface area (Å²) >= 11 is 0. The first kappa shape index (κ1) is 19.0. The van der Waals surface area contributed by atoms with Crippen LogP contribution in [-0.2, 0) is 4.79 Å². The Morgan fingerprint density at radius 3 is 2.56 bits per heavy atom. The molecule has 5 heteroatoms. The Kier molecular flexibility index (Phi) is 6.12. The van der Waals surface area contributed by atoms with Crippen molar-refractivity contribution in [3.8, 4) is 11.5 Å². The fraction of sp³-hybridized carbons (Fsp3) is 0.364. The van der Waals surface area contributed by atoms with Gasteiger partial charge in [-0.25, -0.2) is 0 Å². The molecule has 0 aromatic heterocycles. The summed E-state index contributed by atoms with van der Waals surface area (Å²) in [7, 11) is 1.80. The van der Waals surface area contributed by atoms with Gasteiger partial charge in [-0.2, -0.15) is 0 Å². The second-order valence-corrected chi connectivity index (χ2v) is 6.86. The highest BCUT2D eigenvalue weighted by Gasteiger charge is 2.35. The van der Waals surface area contributed by atoms with E-state index in [0.29, 0.717) is 30.8 Å². The zero-order valence-electron chi connectivity index (χ0n) is 15.9. The second kappa shape index (κ2) is 8.71. The molecule has 0 radical (unpaired) electrons. The van der Waals surface area contributed by atoms with E-state index in [1.54, 1.807) is 29.0 Å². The van der Waals surface area contributed by atoms with Crippen molar-refractivity contribution in [2.24, 2.45) is 0 Å². The van der Waals surface area contributed by atoms with Gasteiger partial charge in [0.1, 0.15) is 17.5 Å². The van der Waals surface area contributed by atoms with E-state index in [2.05, 4.69) is 6.92 Å². The predicted molar refractivity (Wildman–Crippen MR) is 105 cm³/mol. The Morgan fingerprint density at radius 1 is 1.07 bits per heavy atom. The van der Waals surface area contributed by atoms with Crippen LogP contribution in [0.5, 0.6) is 11.5 Å². The molecule has 2 aromatic carbocycles. The van der Waals surface area contributed by atoms with Crippen molar-refractivity contribution in [2.75, 3.05) is 20.1 Å². The number of hydrogen-bond acceptors (Lipinski definition) is 3. The van der Waals surface area contributed by atoms with Crippen molar-refractivity contribution < 1.29 is 14.3 Å². The molecule has 1 aliphatic heterocycles. The number of hydrogen-bond donors (Lipinski definition) is 0. The Labute approximate surface area is 160 Å². The highest BCUT2D eigenvalue weighted by Crippen LogP contribution is 2.24. The monoisotopic (exact) mass is 366 g/mol. The number of carbonyl (C=O) groups excluding carboxylic acids is 2. The van der Waals surface area contributed by atoms with Gasteiger partial charge in [0.2, 0.25) is 5.91 Å². The van der Waals surface area contributed by atoms with Gasteiger partial charge in [0.25, 0.3) is 5.91 Å². The van der Waals surface area contributed by atoms with Gasteiger partial charge < -0.3 is 14.5 Å². The van der Waals surface area contributed by atoms with Crippen LogP contribution in [0.15, 0.2) is 54.6 Å². The molecule has 0 saturated carbocycles. The predicted octanol–water partition coefficient (Wildman–Crippen LogP) is 3.95. The Balaban J connectivity index is 1.79. The van der Waals surface area contributed by atoms with Gasteiger partial charge in [0.15, 0.2) is 0 Å². The van der Waals surface area contributed by atoms with Crippen molar-refractivity contribution in [3.05, 3.63) is 60.2 Å². The molecule has 1 heterocycles. The molecule has 0 spiro atoms. The maximum atomic E-state index is 13.1. The first-order valence-corrected chi connectivity index (χ1v) is 9.49. The molecule has 1 fully saturated rings. The number of carbonyl (C=O) groups is 2. The minimum atomic E-state index is -0.380. The number of para-hydroxylation sites is 1. The number of amides is 2. The molecule has 0 aliphatic carbocycles. The minimum Gasteiger partial charge on any atom is -0.457 e. The van der Waals surface area contributed by atoms with Crippen LogP contribution in [-0.4, -0.2) is 47.8 Å². The zero-order valence-corrected chi connectivity index (χ0v) is 15.9. The van der Waals surface area contributed by atoms with E-state index in [0.717, 1.165) is 18.6 Å². The maximum Gasteiger partial charge on any atom is 0.254 e. The number of likely N-dealkylation sites (N-methyl/N-ethyl adjacent to an activating group) is 1. The number of nitrogens with zero attached hydrogens (tertiary/aromatic N) is 2. The summed E-state index contributed by atoms with van der Waals surface area (Å²) in [5.74, 6) is 1.24. The largest absolute Gasteiger partial charge is 0.457 e. The summed E-state index contributed by atoms with van der Waals surface area (Å²) in [5, 5.41) is 0. The molecule has 0 bridgehead atoms. The third kappa shape index (κ3) is 4.48. The lowest BCUT2D eigenvalue weighted by Crippen LogP contribution is -2.57. The van der Waals surface area contributed by atoms with E-state index in [1.165, 1.54) is 0 Å². The van der Waals surface area contributed by atoms with Crippen molar-refractivity contribution in [1.29, 1.82) is 0 Å². The van der Waals surface area contributed by atoms with Gasteiger partial charge in [-0.15, -0.1) is 0 Å². The lowest BCUT2D eigenvalue weighted by atomic mass is 10.0. The van der Waals surface area contributed by atoms with Gasteiger partial charge in [-0.05, 0) is 36.8 Å². The van der Waals surface area contributed by atoms with Crippen LogP contribution in [0.1, 0.15) is 36.5 Å². The lowest BCUT2D eigenvalue weighted by molar-refractivity contribution is -0.138. The summed E-state index contributed by atoms with van der Waals surface area (Å²) in [4.78, 5) is 29.2. The summed E-state index contributed by atoms with van der Waals surface area (Å²) in [5.41, 5.74) is 0.544. The van der Waals surface area contributed by atoms with Crippen molar-refractivity contribution >= 4 is 11.8 Å². The van der Waals surface area contributed by atoms with Crippen molar-refractivity contribution in [3.63, 3.8) is 0 Å². The lowest BCUT2D eigenvalue weighted by Gasteiger charge is -2.39. The molecule has 2 aromatic rings. The molecule has 0 N–H and O–H groups in total. The van der Waals surface area contributed by atoms with Gasteiger partial charge in [0, 0.05) is 25.7 Å². The molecule has 2 amide bonds. The van der Waals surface area contributed by atoms with Crippen LogP contribution in [0, 0.1) is 0 Å². The summed E-state index contributed by atoms with van der Waals surface area (Å²) in [6.45, 7) is 3.21. The van der Waals surface area contributed by atoms with Gasteiger partial charge >= 0.3 is 0 Å². The van der Waals surface area contributed by atoms with Crippen molar-refractivity contribution in [1.82, 2.24) is 9.80 Å². The number of rotatable bonds is 6. The highest BCUT2D eigenvalue weighted by atomic mass is 16.5. The van der Waals surface area contributed by atoms with Crippen LogP contribution in [0.25, 0.3) is 0 Å². The number of benzene rings is 2. The maximum absolute atomic E-state index is 13.1. The summed E-state index contributed by atoms with van der Waals surface area (Å²) in [6, 6.07) is 16.2. The van der Waals surface area contributed by atoms with Crippen molar-refractivity contribution in [2.45, 2.75) is 32.2 Å². The van der Waals surface area contributed by atoms with Gasteiger partial charge in [-0.1, -0.05) is 44.0 Å². The van der Waals surface area contributed by atoms with Crippen LogP contribution in [0.4, 0.5) is 0 Å². The van der Waals surface area contributed by atoms with E-state index < -0.39 is 0 Å². The molecule has 1 unspecified atom stereocenters. The Bertz CT molecular complexity index is 791. The normalized spacial score (nSPS) is 17.1. The van der Waals surface area contributed by atoms with Crippen LogP contribution in [0.2, 0.25) is 0 Å². The third-order valence-corrected chi connectivity index (χ3v) is 4.87. The van der Waals surface area contributed by atoms with Crippen LogP contribution in [0.3, 0.4) is 0 Å². The fourth-order valence-electron chi connectivity index (χ4n) is 3.31. The Morgan fingerprint density at radius 2 is 1.81 bits per heavy atom.